The molecule has 3 aromatic rings. The largest absolute Gasteiger partial charge is 0.461 e. The van der Waals surface area contributed by atoms with Crippen molar-refractivity contribution in [3.63, 3.8) is 0 Å². The minimum Gasteiger partial charge on any atom is -0.461 e. The monoisotopic (exact) mass is 361 g/mol. The Morgan fingerprint density at radius 2 is 2.04 bits per heavy atom. The van der Waals surface area contributed by atoms with Crippen molar-refractivity contribution >= 4 is 11.6 Å². The van der Waals surface area contributed by atoms with Crippen LogP contribution in [0.15, 0.2) is 41.1 Å². The molecule has 25 heavy (non-hydrogen) atoms. The van der Waals surface area contributed by atoms with Crippen LogP contribution in [0.3, 0.4) is 0 Å². The molecule has 7 heteroatoms. The first kappa shape index (κ1) is 16.2. The number of rotatable bonds is 3. The van der Waals surface area contributed by atoms with E-state index in [0.717, 1.165) is 23.4 Å². The second-order valence-electron chi connectivity index (χ2n) is 5.93. The van der Waals surface area contributed by atoms with E-state index in [1.54, 1.807) is 18.5 Å². The summed E-state index contributed by atoms with van der Waals surface area (Å²) in [6, 6.07) is 5.74. The van der Waals surface area contributed by atoms with Crippen LogP contribution in [-0.2, 0) is 19.5 Å². The minimum absolute atomic E-state index is 0.157. The van der Waals surface area contributed by atoms with Crippen LogP contribution in [0.1, 0.15) is 16.8 Å². The topological polar surface area (TPSA) is 42.2 Å². The maximum atomic E-state index is 14.0. The summed E-state index contributed by atoms with van der Waals surface area (Å²) in [6.07, 6.45) is 4.03. The quantitative estimate of drug-likeness (QED) is 0.655. The molecule has 0 amide bonds. The molecule has 0 saturated carbocycles. The number of furan rings is 1. The Labute approximate surface area is 148 Å². The zero-order valence-corrected chi connectivity index (χ0v) is 13.9. The summed E-state index contributed by atoms with van der Waals surface area (Å²) in [4.78, 5) is 10.9. The van der Waals surface area contributed by atoms with E-state index in [9.17, 15) is 8.78 Å². The molecule has 4 nitrogen and oxygen atoms in total. The van der Waals surface area contributed by atoms with E-state index >= 15 is 0 Å². The highest BCUT2D eigenvalue weighted by Gasteiger charge is 2.22. The van der Waals surface area contributed by atoms with Crippen LogP contribution >= 0.6 is 11.6 Å². The van der Waals surface area contributed by atoms with Crippen molar-refractivity contribution in [2.24, 2.45) is 0 Å². The molecule has 0 spiro atoms. The molecule has 1 aliphatic rings. The Bertz CT molecular complexity index is 915. The minimum atomic E-state index is -0.609. The lowest BCUT2D eigenvalue weighted by Crippen LogP contribution is -2.31. The molecule has 0 radical (unpaired) electrons. The van der Waals surface area contributed by atoms with Gasteiger partial charge in [-0.25, -0.2) is 18.7 Å². The third-order valence-corrected chi connectivity index (χ3v) is 4.68. The maximum absolute atomic E-state index is 14.0. The molecular weight excluding hydrogens is 348 g/mol. The summed E-state index contributed by atoms with van der Waals surface area (Å²) in [5.74, 6) is 0.0683. The zero-order chi connectivity index (χ0) is 17.4. The van der Waals surface area contributed by atoms with Crippen LogP contribution in [0, 0.1) is 11.6 Å². The van der Waals surface area contributed by atoms with Gasteiger partial charge in [0.2, 0.25) is 0 Å². The molecular formula is C18H14ClF2N3O. The van der Waals surface area contributed by atoms with E-state index in [0.29, 0.717) is 31.1 Å². The van der Waals surface area contributed by atoms with Crippen LogP contribution in [-0.4, -0.2) is 21.4 Å². The Morgan fingerprint density at radius 1 is 1.20 bits per heavy atom. The molecule has 0 atom stereocenters. The van der Waals surface area contributed by atoms with Gasteiger partial charge in [-0.15, -0.1) is 0 Å². The number of hydrogen-bond donors (Lipinski definition) is 0. The normalized spacial score (nSPS) is 14.5. The lowest BCUT2D eigenvalue weighted by atomic mass is 10.1. The molecule has 0 fully saturated rings. The zero-order valence-electron chi connectivity index (χ0n) is 13.2. The summed E-state index contributed by atoms with van der Waals surface area (Å²) >= 11 is 5.92. The fraction of sp³-hybridized carbons (Fsp3) is 0.222. The van der Waals surface area contributed by atoms with Gasteiger partial charge in [0, 0.05) is 43.4 Å². The van der Waals surface area contributed by atoms with E-state index in [1.807, 2.05) is 11.0 Å². The standard InChI is InChI=1S/C18H14ClF2N3O/c19-17-12(13(20)3-4-14(17)21)10-24-6-5-15-11(9-24)8-22-18(23-15)16-2-1-7-25-16/h1-4,7-8H,5-6,9-10H2. The number of benzene rings is 1. The third-order valence-electron chi connectivity index (χ3n) is 4.28. The Kier molecular flexibility index (Phi) is 4.23. The average molecular weight is 362 g/mol. The van der Waals surface area contributed by atoms with Gasteiger partial charge >= 0.3 is 0 Å². The predicted octanol–water partition coefficient (Wildman–Crippen LogP) is 4.23. The molecule has 0 saturated heterocycles. The first-order valence-electron chi connectivity index (χ1n) is 7.85. The molecule has 1 aromatic carbocycles. The predicted molar refractivity (Wildman–Crippen MR) is 88.9 cm³/mol. The van der Waals surface area contributed by atoms with Gasteiger partial charge in [0.1, 0.15) is 11.6 Å². The van der Waals surface area contributed by atoms with Crippen molar-refractivity contribution in [1.29, 1.82) is 0 Å². The summed E-state index contributed by atoms with van der Waals surface area (Å²) in [5, 5.41) is -0.157. The number of halogens is 3. The number of aromatic nitrogens is 2. The summed E-state index contributed by atoms with van der Waals surface area (Å²) in [7, 11) is 0. The van der Waals surface area contributed by atoms with Gasteiger partial charge in [0.05, 0.1) is 17.0 Å². The molecule has 0 bridgehead atoms. The summed E-state index contributed by atoms with van der Waals surface area (Å²) in [6.45, 7) is 1.47. The second kappa shape index (κ2) is 6.54. The van der Waals surface area contributed by atoms with Crippen LogP contribution in [0.5, 0.6) is 0 Å². The highest BCUT2D eigenvalue weighted by molar-refractivity contribution is 6.31. The summed E-state index contributed by atoms with van der Waals surface area (Å²) in [5.41, 5.74) is 2.09. The van der Waals surface area contributed by atoms with Crippen LogP contribution in [0.4, 0.5) is 8.78 Å². The lowest BCUT2D eigenvalue weighted by molar-refractivity contribution is 0.239. The van der Waals surface area contributed by atoms with Gasteiger partial charge in [-0.1, -0.05) is 11.6 Å². The smallest absolute Gasteiger partial charge is 0.195 e. The van der Waals surface area contributed by atoms with E-state index in [1.165, 1.54) is 0 Å². The van der Waals surface area contributed by atoms with E-state index in [4.69, 9.17) is 16.0 Å². The molecule has 0 aliphatic carbocycles. The molecule has 1 aliphatic heterocycles. The van der Waals surface area contributed by atoms with Crippen LogP contribution in [0.25, 0.3) is 11.6 Å². The second-order valence-corrected chi connectivity index (χ2v) is 6.30. The molecule has 4 rings (SSSR count). The van der Waals surface area contributed by atoms with Gasteiger partial charge in [-0.2, -0.15) is 0 Å². The fourth-order valence-corrected chi connectivity index (χ4v) is 3.18. The fourth-order valence-electron chi connectivity index (χ4n) is 2.97. The Morgan fingerprint density at radius 3 is 2.84 bits per heavy atom. The first-order valence-corrected chi connectivity index (χ1v) is 8.23. The molecule has 2 aromatic heterocycles. The van der Waals surface area contributed by atoms with Gasteiger partial charge in [-0.3, -0.25) is 4.90 Å². The third kappa shape index (κ3) is 3.15. The van der Waals surface area contributed by atoms with Crippen molar-refractivity contribution in [1.82, 2.24) is 14.9 Å². The maximum Gasteiger partial charge on any atom is 0.195 e. The first-order chi connectivity index (χ1) is 12.1. The molecule has 0 N–H and O–H groups in total. The van der Waals surface area contributed by atoms with Gasteiger partial charge in [0.25, 0.3) is 0 Å². The van der Waals surface area contributed by atoms with Crippen molar-refractivity contribution < 1.29 is 13.2 Å². The van der Waals surface area contributed by atoms with Crippen LogP contribution < -0.4 is 0 Å². The highest BCUT2D eigenvalue weighted by Crippen LogP contribution is 2.27. The van der Waals surface area contributed by atoms with Crippen LogP contribution in [0.2, 0.25) is 5.02 Å². The SMILES string of the molecule is Fc1ccc(F)c(CN2CCc3nc(-c4ccco4)ncc3C2)c1Cl. The van der Waals surface area contributed by atoms with Gasteiger partial charge < -0.3 is 4.42 Å². The van der Waals surface area contributed by atoms with E-state index in [-0.39, 0.29) is 17.1 Å². The number of nitrogens with zero attached hydrogens (tertiary/aromatic N) is 3. The van der Waals surface area contributed by atoms with E-state index < -0.39 is 11.6 Å². The molecule has 128 valence electrons. The van der Waals surface area contributed by atoms with Crippen molar-refractivity contribution in [2.75, 3.05) is 6.54 Å². The highest BCUT2D eigenvalue weighted by atomic mass is 35.5. The van der Waals surface area contributed by atoms with Crippen molar-refractivity contribution in [3.8, 4) is 11.6 Å². The van der Waals surface area contributed by atoms with Crippen molar-refractivity contribution in [2.45, 2.75) is 19.5 Å². The van der Waals surface area contributed by atoms with Gasteiger partial charge in [-0.05, 0) is 24.3 Å². The van der Waals surface area contributed by atoms with Gasteiger partial charge in [0.15, 0.2) is 11.6 Å². The molecule has 3 heterocycles. The Balaban J connectivity index is 1.55. The van der Waals surface area contributed by atoms with Crippen molar-refractivity contribution in [3.05, 3.63) is 70.2 Å². The lowest BCUT2D eigenvalue weighted by Gasteiger charge is -2.28. The number of fused-ring (bicyclic) bond motifs is 1. The molecule has 0 unspecified atom stereocenters. The average Bonchev–Trinajstić information content (AvgIpc) is 3.16. The summed E-state index contributed by atoms with van der Waals surface area (Å²) < 4.78 is 32.9. The van der Waals surface area contributed by atoms with E-state index in [2.05, 4.69) is 9.97 Å². The number of hydrogen-bond acceptors (Lipinski definition) is 4. The Hall–Kier alpha value is -2.31.